The molecule has 0 saturated carbocycles. The monoisotopic (exact) mass is 300 g/mol. The number of halogens is 2. The standard InChI is InChI=1S/C12H10ClFN2O2S/c1-2-18-11(17)10-6-19-12(16-10)15-9-4-3-7(13)5-8(9)14/h3-6H,2H2,1H3,(H,15,16). The third kappa shape index (κ3) is 3.42. The van der Waals surface area contributed by atoms with Crippen molar-refractivity contribution in [3.63, 3.8) is 0 Å². The van der Waals surface area contributed by atoms with Gasteiger partial charge in [0.15, 0.2) is 10.8 Å². The van der Waals surface area contributed by atoms with Crippen molar-refractivity contribution in [2.45, 2.75) is 6.92 Å². The van der Waals surface area contributed by atoms with Crippen LogP contribution < -0.4 is 5.32 Å². The molecule has 1 aromatic heterocycles. The Morgan fingerprint density at radius 2 is 2.37 bits per heavy atom. The first kappa shape index (κ1) is 13.8. The molecule has 0 radical (unpaired) electrons. The Morgan fingerprint density at radius 1 is 1.58 bits per heavy atom. The fraction of sp³-hybridized carbons (Fsp3) is 0.167. The first-order chi connectivity index (χ1) is 9.10. The van der Waals surface area contributed by atoms with Crippen molar-refractivity contribution in [3.05, 3.63) is 40.1 Å². The molecular formula is C12H10ClFN2O2S. The Hall–Kier alpha value is -1.66. The molecule has 1 aromatic carbocycles. The lowest BCUT2D eigenvalue weighted by molar-refractivity contribution is 0.0520. The van der Waals surface area contributed by atoms with E-state index >= 15 is 0 Å². The maximum absolute atomic E-state index is 13.6. The summed E-state index contributed by atoms with van der Waals surface area (Å²) in [6.45, 7) is 2.00. The van der Waals surface area contributed by atoms with Gasteiger partial charge >= 0.3 is 5.97 Å². The van der Waals surface area contributed by atoms with Crippen LogP contribution in [0.25, 0.3) is 0 Å². The van der Waals surface area contributed by atoms with Gasteiger partial charge in [0.1, 0.15) is 5.82 Å². The highest BCUT2D eigenvalue weighted by Crippen LogP contribution is 2.25. The van der Waals surface area contributed by atoms with E-state index in [9.17, 15) is 9.18 Å². The SMILES string of the molecule is CCOC(=O)c1csc(Nc2ccc(Cl)cc2F)n1. The zero-order chi connectivity index (χ0) is 13.8. The number of aromatic nitrogens is 1. The van der Waals surface area contributed by atoms with Crippen molar-refractivity contribution >= 4 is 39.7 Å². The molecule has 0 bridgehead atoms. The zero-order valence-electron chi connectivity index (χ0n) is 9.94. The molecule has 0 aliphatic heterocycles. The average molecular weight is 301 g/mol. The summed E-state index contributed by atoms with van der Waals surface area (Å²) >= 11 is 6.85. The lowest BCUT2D eigenvalue weighted by atomic mass is 10.3. The van der Waals surface area contributed by atoms with Gasteiger partial charge in [0.05, 0.1) is 12.3 Å². The number of ether oxygens (including phenoxy) is 1. The van der Waals surface area contributed by atoms with Gasteiger partial charge in [-0.1, -0.05) is 11.6 Å². The van der Waals surface area contributed by atoms with Gasteiger partial charge < -0.3 is 10.1 Å². The molecule has 100 valence electrons. The largest absolute Gasteiger partial charge is 0.461 e. The molecule has 2 rings (SSSR count). The minimum Gasteiger partial charge on any atom is -0.461 e. The van der Waals surface area contributed by atoms with Gasteiger partial charge in [-0.25, -0.2) is 14.2 Å². The number of hydrogen-bond acceptors (Lipinski definition) is 5. The third-order valence-corrected chi connectivity index (χ3v) is 3.15. The van der Waals surface area contributed by atoms with Gasteiger partial charge in [-0.3, -0.25) is 0 Å². The summed E-state index contributed by atoms with van der Waals surface area (Å²) in [5.41, 5.74) is 0.442. The number of nitrogens with zero attached hydrogens (tertiary/aromatic N) is 1. The lowest BCUT2D eigenvalue weighted by Crippen LogP contribution is -2.05. The quantitative estimate of drug-likeness (QED) is 0.871. The van der Waals surface area contributed by atoms with Crippen LogP contribution >= 0.6 is 22.9 Å². The molecular weight excluding hydrogens is 291 g/mol. The van der Waals surface area contributed by atoms with Crippen molar-refractivity contribution in [3.8, 4) is 0 Å². The van der Waals surface area contributed by atoms with Gasteiger partial charge in [-0.15, -0.1) is 11.3 Å². The maximum Gasteiger partial charge on any atom is 0.357 e. The second kappa shape index (κ2) is 5.99. The molecule has 0 fully saturated rings. The Morgan fingerprint density at radius 3 is 3.05 bits per heavy atom. The summed E-state index contributed by atoms with van der Waals surface area (Å²) in [4.78, 5) is 15.4. The van der Waals surface area contributed by atoms with Gasteiger partial charge in [-0.05, 0) is 25.1 Å². The van der Waals surface area contributed by atoms with E-state index in [2.05, 4.69) is 10.3 Å². The van der Waals surface area contributed by atoms with Crippen molar-refractivity contribution in [2.24, 2.45) is 0 Å². The number of benzene rings is 1. The van der Waals surface area contributed by atoms with Crippen molar-refractivity contribution in [2.75, 3.05) is 11.9 Å². The molecule has 0 spiro atoms. The Labute approximate surface area is 118 Å². The number of thiazole rings is 1. The third-order valence-electron chi connectivity index (χ3n) is 2.16. The Balaban J connectivity index is 2.13. The minimum atomic E-state index is -0.497. The van der Waals surface area contributed by atoms with Gasteiger partial charge in [-0.2, -0.15) is 0 Å². The molecule has 2 aromatic rings. The fourth-order valence-corrected chi connectivity index (χ4v) is 2.19. The van der Waals surface area contributed by atoms with Crippen LogP contribution in [0.1, 0.15) is 17.4 Å². The predicted octanol–water partition coefficient (Wildman–Crippen LogP) is 3.86. The molecule has 0 aliphatic rings. The van der Waals surface area contributed by atoms with Crippen LogP contribution in [-0.2, 0) is 4.74 Å². The van der Waals surface area contributed by atoms with E-state index in [4.69, 9.17) is 16.3 Å². The number of rotatable bonds is 4. The Bertz CT molecular complexity index is 603. The topological polar surface area (TPSA) is 51.2 Å². The van der Waals surface area contributed by atoms with Crippen LogP contribution in [0.5, 0.6) is 0 Å². The summed E-state index contributed by atoms with van der Waals surface area (Å²) in [6, 6.07) is 4.26. The van der Waals surface area contributed by atoms with Crippen LogP contribution in [0.15, 0.2) is 23.6 Å². The summed E-state index contributed by atoms with van der Waals surface area (Å²) in [6.07, 6.45) is 0. The van der Waals surface area contributed by atoms with Crippen LogP contribution in [0, 0.1) is 5.82 Å². The molecule has 1 heterocycles. The van der Waals surface area contributed by atoms with E-state index in [0.29, 0.717) is 10.2 Å². The lowest BCUT2D eigenvalue weighted by Gasteiger charge is -2.04. The number of esters is 1. The summed E-state index contributed by atoms with van der Waals surface area (Å²) in [7, 11) is 0. The van der Waals surface area contributed by atoms with E-state index in [1.807, 2.05) is 0 Å². The molecule has 0 saturated heterocycles. The molecule has 7 heteroatoms. The van der Waals surface area contributed by atoms with Crippen molar-refractivity contribution in [1.82, 2.24) is 4.98 Å². The highest BCUT2D eigenvalue weighted by molar-refractivity contribution is 7.14. The first-order valence-corrected chi connectivity index (χ1v) is 6.70. The van der Waals surface area contributed by atoms with Crippen LogP contribution in [0.3, 0.4) is 0 Å². The average Bonchev–Trinajstić information content (AvgIpc) is 2.82. The van der Waals surface area contributed by atoms with Gasteiger partial charge in [0.25, 0.3) is 0 Å². The summed E-state index contributed by atoms with van der Waals surface area (Å²) in [5, 5.41) is 5.05. The molecule has 0 amide bonds. The van der Waals surface area contributed by atoms with E-state index in [0.717, 1.165) is 0 Å². The normalized spacial score (nSPS) is 10.3. The van der Waals surface area contributed by atoms with Crippen LogP contribution in [0.2, 0.25) is 5.02 Å². The van der Waals surface area contributed by atoms with Crippen LogP contribution in [-0.4, -0.2) is 17.6 Å². The number of anilines is 2. The number of carbonyl (C=O) groups excluding carboxylic acids is 1. The highest BCUT2D eigenvalue weighted by Gasteiger charge is 2.12. The van der Waals surface area contributed by atoms with Crippen molar-refractivity contribution < 1.29 is 13.9 Å². The molecule has 0 atom stereocenters. The minimum absolute atomic E-state index is 0.198. The Kier molecular flexibility index (Phi) is 4.34. The van der Waals surface area contributed by atoms with Crippen LogP contribution in [0.4, 0.5) is 15.2 Å². The zero-order valence-corrected chi connectivity index (χ0v) is 11.5. The van der Waals surface area contributed by atoms with E-state index in [-0.39, 0.29) is 18.0 Å². The first-order valence-electron chi connectivity index (χ1n) is 5.45. The van der Waals surface area contributed by atoms with Gasteiger partial charge in [0, 0.05) is 10.4 Å². The van der Waals surface area contributed by atoms with E-state index in [1.54, 1.807) is 18.4 Å². The molecule has 19 heavy (non-hydrogen) atoms. The fourth-order valence-electron chi connectivity index (χ4n) is 1.34. The van der Waals surface area contributed by atoms with E-state index < -0.39 is 11.8 Å². The molecule has 1 N–H and O–H groups in total. The van der Waals surface area contributed by atoms with Gasteiger partial charge in [0.2, 0.25) is 0 Å². The number of carbonyl (C=O) groups is 1. The molecule has 0 aliphatic carbocycles. The highest BCUT2D eigenvalue weighted by atomic mass is 35.5. The summed E-state index contributed by atoms with van der Waals surface area (Å²) in [5.74, 6) is -0.983. The van der Waals surface area contributed by atoms with E-state index in [1.165, 1.54) is 23.5 Å². The smallest absolute Gasteiger partial charge is 0.357 e. The number of hydrogen-bond donors (Lipinski definition) is 1. The molecule has 4 nitrogen and oxygen atoms in total. The predicted molar refractivity (Wildman–Crippen MR) is 72.8 cm³/mol. The maximum atomic E-state index is 13.6. The summed E-state index contributed by atoms with van der Waals surface area (Å²) < 4.78 is 18.4. The molecule has 0 unspecified atom stereocenters. The second-order valence-electron chi connectivity index (χ2n) is 3.51. The second-order valence-corrected chi connectivity index (χ2v) is 4.80. The number of nitrogens with one attached hydrogen (secondary N) is 1. The van der Waals surface area contributed by atoms with Crippen molar-refractivity contribution in [1.29, 1.82) is 0 Å².